The zero-order valence-electron chi connectivity index (χ0n) is 26.9. The van der Waals surface area contributed by atoms with Gasteiger partial charge in [0.15, 0.2) is 5.78 Å². The molecule has 4 rings (SSSR count). The molecule has 0 aliphatic carbocycles. The molecule has 0 radical (unpaired) electrons. The first-order valence-electron chi connectivity index (χ1n) is 15.3. The summed E-state index contributed by atoms with van der Waals surface area (Å²) in [6, 6.07) is 14.9. The van der Waals surface area contributed by atoms with Crippen molar-refractivity contribution in [3.8, 4) is 22.6 Å². The highest BCUT2D eigenvalue weighted by atomic mass is 16.5. The van der Waals surface area contributed by atoms with Crippen LogP contribution in [0.5, 0.6) is 11.5 Å². The number of amides is 1. The summed E-state index contributed by atoms with van der Waals surface area (Å²) in [5.74, 6) is 0.666. The summed E-state index contributed by atoms with van der Waals surface area (Å²) >= 11 is 0. The quantitative estimate of drug-likeness (QED) is 0.101. The maximum absolute atomic E-state index is 13.3. The van der Waals surface area contributed by atoms with Crippen LogP contribution in [-0.4, -0.2) is 65.8 Å². The van der Waals surface area contributed by atoms with Gasteiger partial charge >= 0.3 is 0 Å². The van der Waals surface area contributed by atoms with E-state index in [0.717, 1.165) is 45.4 Å². The average molecular weight is 627 g/mol. The predicted octanol–water partition coefficient (Wildman–Crippen LogP) is 4.85. The summed E-state index contributed by atoms with van der Waals surface area (Å²) in [6.45, 7) is 5.01. The minimum atomic E-state index is -0.352. The summed E-state index contributed by atoms with van der Waals surface area (Å²) in [5, 5.41) is 24.2. The number of unbranched alkanes of at least 4 members (excludes halogenated alkanes) is 1. The summed E-state index contributed by atoms with van der Waals surface area (Å²) in [4.78, 5) is 35.3. The number of pyridine rings is 2. The second kappa shape index (κ2) is 16.6. The lowest BCUT2D eigenvalue weighted by atomic mass is 9.91. The van der Waals surface area contributed by atoms with Crippen molar-refractivity contribution < 1.29 is 29.3 Å². The van der Waals surface area contributed by atoms with Gasteiger partial charge in [0.05, 0.1) is 20.8 Å². The molecule has 0 atom stereocenters. The minimum absolute atomic E-state index is 0.0263. The molecule has 2 heterocycles. The molecule has 0 spiro atoms. The molecule has 1 amide bonds. The second-order valence-electron chi connectivity index (χ2n) is 11.0. The van der Waals surface area contributed by atoms with E-state index in [0.29, 0.717) is 48.8 Å². The first kappa shape index (κ1) is 34.2. The molecular weight excluding hydrogens is 584 g/mol. The van der Waals surface area contributed by atoms with Crippen LogP contribution in [0, 0.1) is 13.8 Å². The van der Waals surface area contributed by atoms with Crippen LogP contribution >= 0.6 is 0 Å². The largest absolute Gasteiger partial charge is 0.496 e. The number of carbonyl (C=O) groups is 2. The van der Waals surface area contributed by atoms with Gasteiger partial charge in [0, 0.05) is 67.5 Å². The first-order valence-corrected chi connectivity index (χ1v) is 15.3. The second-order valence-corrected chi connectivity index (χ2v) is 11.0. The van der Waals surface area contributed by atoms with Crippen LogP contribution in [0.4, 0.5) is 5.69 Å². The number of anilines is 1. The van der Waals surface area contributed by atoms with Gasteiger partial charge in [-0.05, 0) is 67.0 Å². The molecule has 2 aromatic carbocycles. The molecule has 242 valence electrons. The van der Waals surface area contributed by atoms with Gasteiger partial charge in [0.1, 0.15) is 22.9 Å². The molecule has 10 nitrogen and oxygen atoms in total. The van der Waals surface area contributed by atoms with E-state index in [4.69, 9.17) is 19.7 Å². The molecule has 0 aliphatic heterocycles. The van der Waals surface area contributed by atoms with Crippen LogP contribution in [-0.2, 0) is 19.4 Å². The van der Waals surface area contributed by atoms with Gasteiger partial charge in [-0.2, -0.15) is 0 Å². The van der Waals surface area contributed by atoms with Crippen molar-refractivity contribution in [2.75, 3.05) is 39.3 Å². The van der Waals surface area contributed by atoms with E-state index in [-0.39, 0.29) is 37.0 Å². The zero-order valence-corrected chi connectivity index (χ0v) is 26.9. The number of aryl methyl sites for hydroxylation is 1. The van der Waals surface area contributed by atoms with Gasteiger partial charge in [0.2, 0.25) is 0 Å². The zero-order chi connectivity index (χ0) is 33.1. The Balaban J connectivity index is 1.53. The van der Waals surface area contributed by atoms with Crippen LogP contribution in [0.1, 0.15) is 61.6 Å². The number of hydrogen-bond donors (Lipinski definition) is 4. The SMILES string of the molecule is COc1cc(C(=O)Nc2cccc(-c3cccc(CC(=O)c4cc(OC)c(CNCCO)cn4)c3C)c2C)ncc1CCCCO. The molecule has 46 heavy (non-hydrogen) atoms. The molecule has 0 bridgehead atoms. The molecule has 2 aromatic heterocycles. The van der Waals surface area contributed by atoms with Gasteiger partial charge in [-0.3, -0.25) is 19.6 Å². The fraction of sp³-hybridized carbons (Fsp3) is 0.333. The number of rotatable bonds is 16. The Bertz CT molecular complexity index is 1550. The highest BCUT2D eigenvalue weighted by Gasteiger charge is 2.18. The Morgan fingerprint density at radius 3 is 2.15 bits per heavy atom. The number of carbonyl (C=O) groups excluding carboxylic acids is 2. The number of Topliss-reactive ketones (excluding diaryl/α,β-unsaturated/α-hetero) is 1. The number of nitrogens with zero attached hydrogens (tertiary/aromatic N) is 2. The highest BCUT2D eigenvalue weighted by Crippen LogP contribution is 2.33. The summed E-state index contributed by atoms with van der Waals surface area (Å²) in [6.07, 6.45) is 5.63. The first-order chi connectivity index (χ1) is 22.3. The topological polar surface area (TPSA) is 143 Å². The number of ether oxygens (including phenoxy) is 2. The lowest BCUT2D eigenvalue weighted by Gasteiger charge is -2.17. The monoisotopic (exact) mass is 626 g/mol. The van der Waals surface area contributed by atoms with E-state index in [1.807, 2.05) is 50.2 Å². The van der Waals surface area contributed by atoms with E-state index < -0.39 is 0 Å². The van der Waals surface area contributed by atoms with E-state index in [2.05, 4.69) is 20.6 Å². The third-order valence-electron chi connectivity index (χ3n) is 7.97. The van der Waals surface area contributed by atoms with E-state index >= 15 is 0 Å². The van der Waals surface area contributed by atoms with Crippen LogP contribution in [0.15, 0.2) is 60.9 Å². The van der Waals surface area contributed by atoms with Crippen molar-refractivity contribution in [2.24, 2.45) is 0 Å². The van der Waals surface area contributed by atoms with Crippen molar-refractivity contribution in [1.29, 1.82) is 0 Å². The molecule has 0 aliphatic rings. The molecule has 4 aromatic rings. The van der Waals surface area contributed by atoms with Crippen molar-refractivity contribution in [3.63, 3.8) is 0 Å². The number of aliphatic hydroxyl groups is 2. The number of methoxy groups -OCH3 is 2. The fourth-order valence-corrected chi connectivity index (χ4v) is 5.32. The lowest BCUT2D eigenvalue weighted by molar-refractivity contribution is 0.0985. The van der Waals surface area contributed by atoms with Crippen molar-refractivity contribution in [1.82, 2.24) is 15.3 Å². The van der Waals surface area contributed by atoms with E-state index in [1.54, 1.807) is 38.7 Å². The predicted molar refractivity (Wildman–Crippen MR) is 178 cm³/mol. The number of hydrogen-bond acceptors (Lipinski definition) is 9. The Kier molecular flexibility index (Phi) is 12.4. The lowest BCUT2D eigenvalue weighted by Crippen LogP contribution is -2.18. The van der Waals surface area contributed by atoms with E-state index in [1.165, 1.54) is 0 Å². The smallest absolute Gasteiger partial charge is 0.274 e. The Labute approximate surface area is 269 Å². The Morgan fingerprint density at radius 1 is 0.783 bits per heavy atom. The van der Waals surface area contributed by atoms with Gasteiger partial charge in [0.25, 0.3) is 5.91 Å². The summed E-state index contributed by atoms with van der Waals surface area (Å²) in [7, 11) is 3.12. The number of aliphatic hydroxyl groups excluding tert-OH is 2. The standard InChI is InChI=1S/C36H42N4O6/c1-23-25(17-33(43)31-18-35(46-4)27(22-38-31)20-37-14-16-42)10-7-11-28(23)29-12-8-13-30(24(29)2)40-36(44)32-19-34(45-3)26(21-39-32)9-5-6-15-41/h7-8,10-13,18-19,21-22,37,41-42H,5-6,9,14-17,20H2,1-4H3,(H,40,44). The van der Waals surface area contributed by atoms with Crippen molar-refractivity contribution in [3.05, 3.63) is 100 Å². The molecule has 0 saturated heterocycles. The van der Waals surface area contributed by atoms with Gasteiger partial charge in [-0.25, -0.2) is 0 Å². The van der Waals surface area contributed by atoms with Crippen LogP contribution in [0.3, 0.4) is 0 Å². The molecule has 4 N–H and O–H groups in total. The molecule has 0 unspecified atom stereocenters. The van der Waals surface area contributed by atoms with Gasteiger partial charge < -0.3 is 30.3 Å². The third-order valence-corrected chi connectivity index (χ3v) is 7.97. The highest BCUT2D eigenvalue weighted by molar-refractivity contribution is 6.04. The fourth-order valence-electron chi connectivity index (χ4n) is 5.32. The maximum atomic E-state index is 13.3. The average Bonchev–Trinajstić information content (AvgIpc) is 3.07. The number of benzene rings is 2. The minimum Gasteiger partial charge on any atom is -0.496 e. The van der Waals surface area contributed by atoms with Gasteiger partial charge in [-0.15, -0.1) is 0 Å². The molecule has 0 saturated carbocycles. The normalized spacial score (nSPS) is 10.9. The molecular formula is C36H42N4O6. The van der Waals surface area contributed by atoms with Crippen LogP contribution < -0.4 is 20.1 Å². The number of ketones is 1. The summed E-state index contributed by atoms with van der Waals surface area (Å²) in [5.41, 5.74) is 7.51. The van der Waals surface area contributed by atoms with Crippen LogP contribution in [0.25, 0.3) is 11.1 Å². The molecule has 10 heteroatoms. The third kappa shape index (κ3) is 8.33. The van der Waals surface area contributed by atoms with Crippen molar-refractivity contribution in [2.45, 2.75) is 46.1 Å². The number of nitrogens with one attached hydrogen (secondary N) is 2. The summed E-state index contributed by atoms with van der Waals surface area (Å²) < 4.78 is 11.0. The van der Waals surface area contributed by atoms with E-state index in [9.17, 15) is 9.59 Å². The van der Waals surface area contributed by atoms with Crippen LogP contribution in [0.2, 0.25) is 0 Å². The number of aromatic nitrogens is 2. The maximum Gasteiger partial charge on any atom is 0.274 e. The van der Waals surface area contributed by atoms with Crippen molar-refractivity contribution >= 4 is 17.4 Å². The Morgan fingerprint density at radius 2 is 1.43 bits per heavy atom. The van der Waals surface area contributed by atoms with Gasteiger partial charge in [-0.1, -0.05) is 30.3 Å². The molecule has 0 fully saturated rings. The Hall–Kier alpha value is -4.64.